The van der Waals surface area contributed by atoms with E-state index in [1.54, 1.807) is 11.9 Å². The highest BCUT2D eigenvalue weighted by Crippen LogP contribution is 2.19. The molecule has 0 aromatic carbocycles. The predicted octanol–water partition coefficient (Wildman–Crippen LogP) is 3.51. The highest BCUT2D eigenvalue weighted by Gasteiger charge is 2.19. The maximum Gasteiger partial charge on any atom is 0.253 e. The van der Waals surface area contributed by atoms with E-state index in [-0.39, 0.29) is 21.6 Å². The van der Waals surface area contributed by atoms with Gasteiger partial charge in [0.25, 0.3) is 5.91 Å². The van der Waals surface area contributed by atoms with E-state index in [9.17, 15) is 4.79 Å². The lowest BCUT2D eigenvalue weighted by atomic mass is 9.96. The summed E-state index contributed by atoms with van der Waals surface area (Å²) in [5.74, 6) is -0.105. The van der Waals surface area contributed by atoms with Crippen molar-refractivity contribution in [1.82, 2.24) is 9.88 Å². The van der Waals surface area contributed by atoms with Gasteiger partial charge in [0.15, 0.2) is 0 Å². The summed E-state index contributed by atoms with van der Waals surface area (Å²) in [4.78, 5) is 17.6. The zero-order valence-electron chi connectivity index (χ0n) is 10.4. The van der Waals surface area contributed by atoms with Crippen molar-refractivity contribution in [3.05, 3.63) is 28.0 Å². The third kappa shape index (κ3) is 4.52. The van der Waals surface area contributed by atoms with Gasteiger partial charge >= 0.3 is 0 Å². The second kappa shape index (κ2) is 5.23. The zero-order chi connectivity index (χ0) is 13.2. The van der Waals surface area contributed by atoms with Crippen molar-refractivity contribution in [3.8, 4) is 0 Å². The molecule has 0 fully saturated rings. The third-order valence-corrected chi connectivity index (χ3v) is 2.46. The van der Waals surface area contributed by atoms with E-state index in [0.717, 1.165) is 0 Å². The van der Waals surface area contributed by atoms with Crippen molar-refractivity contribution in [2.24, 2.45) is 5.41 Å². The number of hydrogen-bond donors (Lipinski definition) is 0. The van der Waals surface area contributed by atoms with E-state index in [0.29, 0.717) is 12.1 Å². The van der Waals surface area contributed by atoms with Crippen molar-refractivity contribution < 1.29 is 4.79 Å². The molecule has 0 aliphatic heterocycles. The van der Waals surface area contributed by atoms with Gasteiger partial charge in [-0.25, -0.2) is 4.98 Å². The number of carbonyl (C=O) groups is 1. The van der Waals surface area contributed by atoms with E-state index in [1.807, 2.05) is 0 Å². The summed E-state index contributed by atoms with van der Waals surface area (Å²) in [5.41, 5.74) is 0.507. The lowest BCUT2D eigenvalue weighted by Crippen LogP contribution is -2.34. The summed E-state index contributed by atoms with van der Waals surface area (Å²) >= 11 is 11.5. The first-order chi connectivity index (χ1) is 7.69. The van der Waals surface area contributed by atoms with Crippen LogP contribution in [0.1, 0.15) is 31.1 Å². The van der Waals surface area contributed by atoms with E-state index in [1.165, 1.54) is 12.1 Å². The Bertz CT molecular complexity index is 407. The van der Waals surface area contributed by atoms with Gasteiger partial charge in [-0.1, -0.05) is 44.0 Å². The first-order valence-electron chi connectivity index (χ1n) is 5.27. The molecule has 1 heterocycles. The minimum Gasteiger partial charge on any atom is -0.341 e. The molecule has 0 aliphatic carbocycles. The monoisotopic (exact) mass is 274 g/mol. The maximum absolute atomic E-state index is 12.1. The Morgan fingerprint density at radius 2 is 1.76 bits per heavy atom. The first kappa shape index (κ1) is 14.3. The molecule has 0 atom stereocenters. The van der Waals surface area contributed by atoms with E-state index in [2.05, 4.69) is 25.8 Å². The second-order valence-electron chi connectivity index (χ2n) is 5.22. The first-order valence-corrected chi connectivity index (χ1v) is 6.03. The Morgan fingerprint density at radius 3 is 2.18 bits per heavy atom. The molecular formula is C12H16Cl2N2O. The van der Waals surface area contributed by atoms with Gasteiger partial charge in [-0.2, -0.15) is 0 Å². The molecule has 0 radical (unpaired) electrons. The van der Waals surface area contributed by atoms with E-state index >= 15 is 0 Å². The SMILES string of the molecule is CN(CC(C)(C)C)C(=O)c1cc(Cl)nc(Cl)c1. The predicted molar refractivity (Wildman–Crippen MR) is 70.7 cm³/mol. The minimum atomic E-state index is -0.105. The number of carbonyl (C=O) groups excluding carboxylic acids is 1. The normalized spacial score (nSPS) is 11.4. The van der Waals surface area contributed by atoms with Crippen LogP contribution in [0.3, 0.4) is 0 Å². The average Bonchev–Trinajstić information content (AvgIpc) is 2.12. The highest BCUT2D eigenvalue weighted by molar-refractivity contribution is 6.33. The summed E-state index contributed by atoms with van der Waals surface area (Å²) in [7, 11) is 1.76. The number of pyridine rings is 1. The lowest BCUT2D eigenvalue weighted by molar-refractivity contribution is 0.0745. The summed E-state index contributed by atoms with van der Waals surface area (Å²) in [5, 5.41) is 0.454. The Hall–Kier alpha value is -0.800. The number of amides is 1. The van der Waals surface area contributed by atoms with Gasteiger partial charge in [-0.05, 0) is 17.5 Å². The lowest BCUT2D eigenvalue weighted by Gasteiger charge is -2.26. The maximum atomic E-state index is 12.1. The molecule has 0 saturated carbocycles. The molecule has 1 amide bonds. The summed E-state index contributed by atoms with van der Waals surface area (Å²) in [6, 6.07) is 3.05. The standard InChI is InChI=1S/C12H16Cl2N2O/c1-12(2,3)7-16(4)11(17)8-5-9(13)15-10(14)6-8/h5-6H,7H2,1-4H3. The van der Waals surface area contributed by atoms with Gasteiger partial charge in [0.2, 0.25) is 0 Å². The number of halogens is 2. The largest absolute Gasteiger partial charge is 0.341 e. The van der Waals surface area contributed by atoms with Crippen LogP contribution < -0.4 is 0 Å². The van der Waals surface area contributed by atoms with Crippen LogP contribution in [0.4, 0.5) is 0 Å². The zero-order valence-corrected chi connectivity index (χ0v) is 11.9. The quantitative estimate of drug-likeness (QED) is 0.774. The fourth-order valence-corrected chi connectivity index (χ4v) is 2.05. The van der Waals surface area contributed by atoms with Gasteiger partial charge in [0, 0.05) is 19.2 Å². The fraction of sp³-hybridized carbons (Fsp3) is 0.500. The van der Waals surface area contributed by atoms with Crippen LogP contribution in [0.25, 0.3) is 0 Å². The van der Waals surface area contributed by atoms with E-state index in [4.69, 9.17) is 23.2 Å². The molecule has 0 unspecified atom stereocenters. The molecule has 0 saturated heterocycles. The Balaban J connectivity index is 2.89. The number of rotatable bonds is 2. The number of nitrogens with zero attached hydrogens (tertiary/aromatic N) is 2. The van der Waals surface area contributed by atoms with Crippen LogP contribution in [0.5, 0.6) is 0 Å². The Labute approximate surface area is 112 Å². The van der Waals surface area contributed by atoms with Crippen LogP contribution in [-0.2, 0) is 0 Å². The Kier molecular flexibility index (Phi) is 4.39. The molecule has 17 heavy (non-hydrogen) atoms. The second-order valence-corrected chi connectivity index (χ2v) is 6.00. The minimum absolute atomic E-state index is 0.0467. The van der Waals surface area contributed by atoms with Crippen molar-refractivity contribution in [3.63, 3.8) is 0 Å². The molecule has 0 aliphatic rings. The average molecular weight is 275 g/mol. The molecule has 3 nitrogen and oxygen atoms in total. The van der Waals surface area contributed by atoms with Gasteiger partial charge < -0.3 is 4.90 Å². The summed E-state index contributed by atoms with van der Waals surface area (Å²) in [6.07, 6.45) is 0. The van der Waals surface area contributed by atoms with Crippen LogP contribution in [-0.4, -0.2) is 29.4 Å². The molecule has 0 spiro atoms. The number of hydrogen-bond acceptors (Lipinski definition) is 2. The van der Waals surface area contributed by atoms with Crippen LogP contribution >= 0.6 is 23.2 Å². The summed E-state index contributed by atoms with van der Waals surface area (Å²) < 4.78 is 0. The molecule has 0 bridgehead atoms. The molecule has 5 heteroatoms. The van der Waals surface area contributed by atoms with Crippen molar-refractivity contribution in [1.29, 1.82) is 0 Å². The van der Waals surface area contributed by atoms with Gasteiger partial charge in [-0.15, -0.1) is 0 Å². The van der Waals surface area contributed by atoms with Gasteiger partial charge in [-0.3, -0.25) is 4.79 Å². The van der Waals surface area contributed by atoms with Crippen molar-refractivity contribution >= 4 is 29.1 Å². The molecule has 1 rings (SSSR count). The molecule has 1 aromatic rings. The Morgan fingerprint density at radius 1 is 1.29 bits per heavy atom. The van der Waals surface area contributed by atoms with Gasteiger partial charge in [0.1, 0.15) is 10.3 Å². The number of aromatic nitrogens is 1. The van der Waals surface area contributed by atoms with Gasteiger partial charge in [0.05, 0.1) is 0 Å². The van der Waals surface area contributed by atoms with E-state index < -0.39 is 0 Å². The fourth-order valence-electron chi connectivity index (χ4n) is 1.59. The molecule has 0 N–H and O–H groups in total. The molecule has 94 valence electrons. The van der Waals surface area contributed by atoms with Crippen LogP contribution in [0.2, 0.25) is 10.3 Å². The van der Waals surface area contributed by atoms with Crippen molar-refractivity contribution in [2.45, 2.75) is 20.8 Å². The van der Waals surface area contributed by atoms with Crippen LogP contribution in [0, 0.1) is 5.41 Å². The topological polar surface area (TPSA) is 33.2 Å². The molecular weight excluding hydrogens is 259 g/mol. The van der Waals surface area contributed by atoms with Crippen molar-refractivity contribution in [2.75, 3.05) is 13.6 Å². The van der Waals surface area contributed by atoms with Crippen LogP contribution in [0.15, 0.2) is 12.1 Å². The summed E-state index contributed by atoms with van der Waals surface area (Å²) in [6.45, 7) is 6.87. The smallest absolute Gasteiger partial charge is 0.253 e. The third-order valence-electron chi connectivity index (χ3n) is 2.07. The molecule has 1 aromatic heterocycles. The highest BCUT2D eigenvalue weighted by atomic mass is 35.5.